The van der Waals surface area contributed by atoms with Gasteiger partial charge in [0.15, 0.2) is 0 Å². The second-order valence-electron chi connectivity index (χ2n) is 4.88. The average molecular weight is 292 g/mol. The lowest BCUT2D eigenvalue weighted by Gasteiger charge is -2.11. The molecule has 0 unspecified atom stereocenters. The van der Waals surface area contributed by atoms with Gasteiger partial charge in [-0.05, 0) is 61.7 Å². The summed E-state index contributed by atoms with van der Waals surface area (Å²) in [6.45, 7) is 5.05. The van der Waals surface area contributed by atoms with Crippen LogP contribution in [0.15, 0.2) is 40.1 Å². The average Bonchev–Trinajstić information content (AvgIpc) is 2.36. The SMILES string of the molecule is Cc1cc(C)c(O)c(S(=O)(=O)c2ccc(O)c(C)c2)c1. The third kappa shape index (κ3) is 2.36. The van der Waals surface area contributed by atoms with E-state index in [1.807, 2.05) is 0 Å². The molecule has 2 aromatic carbocycles. The van der Waals surface area contributed by atoms with Crippen LogP contribution < -0.4 is 0 Å². The zero-order chi connectivity index (χ0) is 15.1. The van der Waals surface area contributed by atoms with E-state index in [-0.39, 0.29) is 21.3 Å². The minimum atomic E-state index is -3.82. The van der Waals surface area contributed by atoms with Gasteiger partial charge in [-0.25, -0.2) is 8.42 Å². The maximum atomic E-state index is 12.6. The number of phenolic OH excluding ortho intramolecular Hbond substituents is 2. The number of aromatic hydroxyl groups is 2. The van der Waals surface area contributed by atoms with E-state index in [1.54, 1.807) is 26.8 Å². The molecule has 0 atom stereocenters. The van der Waals surface area contributed by atoms with Crippen LogP contribution in [0.2, 0.25) is 0 Å². The first-order chi connectivity index (χ1) is 9.23. The van der Waals surface area contributed by atoms with Gasteiger partial charge in [0.25, 0.3) is 0 Å². The normalized spacial score (nSPS) is 11.6. The molecule has 0 bridgehead atoms. The molecule has 0 aliphatic carbocycles. The van der Waals surface area contributed by atoms with Crippen LogP contribution in [0.1, 0.15) is 16.7 Å². The molecule has 106 valence electrons. The predicted molar refractivity (Wildman–Crippen MR) is 75.9 cm³/mol. The van der Waals surface area contributed by atoms with E-state index in [9.17, 15) is 18.6 Å². The van der Waals surface area contributed by atoms with Gasteiger partial charge in [0.1, 0.15) is 16.4 Å². The maximum absolute atomic E-state index is 12.6. The van der Waals surface area contributed by atoms with E-state index in [4.69, 9.17) is 0 Å². The standard InChI is InChI=1S/C15H16O4S/c1-9-6-11(3)15(17)14(7-9)20(18,19)12-4-5-13(16)10(2)8-12/h4-8,16-17H,1-3H3. The van der Waals surface area contributed by atoms with E-state index >= 15 is 0 Å². The van der Waals surface area contributed by atoms with Crippen LogP contribution >= 0.6 is 0 Å². The van der Waals surface area contributed by atoms with E-state index in [2.05, 4.69) is 0 Å². The Kier molecular flexibility index (Phi) is 3.48. The van der Waals surface area contributed by atoms with Crippen molar-refractivity contribution in [2.45, 2.75) is 30.6 Å². The van der Waals surface area contributed by atoms with Crippen LogP contribution in [0.25, 0.3) is 0 Å². The van der Waals surface area contributed by atoms with Gasteiger partial charge in [0, 0.05) is 0 Å². The van der Waals surface area contributed by atoms with Crippen LogP contribution in [-0.2, 0) is 9.84 Å². The molecule has 20 heavy (non-hydrogen) atoms. The van der Waals surface area contributed by atoms with Crippen molar-refractivity contribution < 1.29 is 18.6 Å². The monoisotopic (exact) mass is 292 g/mol. The number of hydrogen-bond acceptors (Lipinski definition) is 4. The zero-order valence-electron chi connectivity index (χ0n) is 11.5. The fourth-order valence-electron chi connectivity index (χ4n) is 2.05. The summed E-state index contributed by atoms with van der Waals surface area (Å²) in [6.07, 6.45) is 0. The maximum Gasteiger partial charge on any atom is 0.210 e. The van der Waals surface area contributed by atoms with Gasteiger partial charge in [0.2, 0.25) is 9.84 Å². The molecule has 0 aliphatic rings. The number of sulfone groups is 1. The first-order valence-electron chi connectivity index (χ1n) is 6.08. The summed E-state index contributed by atoms with van der Waals surface area (Å²) < 4.78 is 25.2. The Bertz CT molecular complexity index is 777. The Labute approximate surface area is 118 Å². The molecule has 0 heterocycles. The highest BCUT2D eigenvalue weighted by atomic mass is 32.2. The highest BCUT2D eigenvalue weighted by Crippen LogP contribution is 2.33. The van der Waals surface area contributed by atoms with E-state index in [0.717, 1.165) is 5.56 Å². The second kappa shape index (κ2) is 4.83. The van der Waals surface area contributed by atoms with Gasteiger partial charge >= 0.3 is 0 Å². The van der Waals surface area contributed by atoms with Gasteiger partial charge in [0.05, 0.1) is 4.90 Å². The Hall–Kier alpha value is -2.01. The van der Waals surface area contributed by atoms with Crippen LogP contribution in [0.4, 0.5) is 0 Å². The van der Waals surface area contributed by atoms with E-state index in [1.165, 1.54) is 24.3 Å². The van der Waals surface area contributed by atoms with Gasteiger partial charge in [-0.3, -0.25) is 0 Å². The van der Waals surface area contributed by atoms with Gasteiger partial charge < -0.3 is 10.2 Å². The molecule has 4 nitrogen and oxygen atoms in total. The molecule has 2 N–H and O–H groups in total. The molecular weight excluding hydrogens is 276 g/mol. The second-order valence-corrected chi connectivity index (χ2v) is 6.80. The van der Waals surface area contributed by atoms with Gasteiger partial charge in [-0.1, -0.05) is 6.07 Å². The number of benzene rings is 2. The Morgan fingerprint density at radius 2 is 1.55 bits per heavy atom. The minimum Gasteiger partial charge on any atom is -0.508 e. The summed E-state index contributed by atoms with van der Waals surface area (Å²) in [5.41, 5.74) is 1.74. The molecule has 0 saturated carbocycles. The largest absolute Gasteiger partial charge is 0.508 e. The van der Waals surface area contributed by atoms with Crippen molar-refractivity contribution in [1.29, 1.82) is 0 Å². The molecule has 0 spiro atoms. The third-order valence-electron chi connectivity index (χ3n) is 3.18. The summed E-state index contributed by atoms with van der Waals surface area (Å²) in [7, 11) is -3.82. The topological polar surface area (TPSA) is 74.6 Å². The lowest BCUT2D eigenvalue weighted by atomic mass is 10.1. The number of phenols is 2. The van der Waals surface area contributed by atoms with Gasteiger partial charge in [-0.2, -0.15) is 0 Å². The lowest BCUT2D eigenvalue weighted by molar-refractivity contribution is 0.454. The van der Waals surface area contributed by atoms with E-state index in [0.29, 0.717) is 11.1 Å². The number of aryl methyl sites for hydroxylation is 3. The smallest absolute Gasteiger partial charge is 0.210 e. The van der Waals surface area contributed by atoms with Crippen LogP contribution in [0.3, 0.4) is 0 Å². The molecule has 5 heteroatoms. The Morgan fingerprint density at radius 1 is 0.900 bits per heavy atom. The molecule has 0 aromatic heterocycles. The molecule has 0 saturated heterocycles. The van der Waals surface area contributed by atoms with Crippen molar-refractivity contribution in [3.63, 3.8) is 0 Å². The summed E-state index contributed by atoms with van der Waals surface area (Å²) >= 11 is 0. The predicted octanol–water partition coefficient (Wildman–Crippen LogP) is 2.86. The summed E-state index contributed by atoms with van der Waals surface area (Å²) in [6, 6.07) is 7.22. The first-order valence-corrected chi connectivity index (χ1v) is 7.56. The number of rotatable bonds is 2. The van der Waals surface area contributed by atoms with Crippen molar-refractivity contribution in [2.24, 2.45) is 0 Å². The summed E-state index contributed by atoms with van der Waals surface area (Å²) in [5, 5.41) is 19.5. The first kappa shape index (κ1) is 14.4. The van der Waals surface area contributed by atoms with Crippen molar-refractivity contribution in [1.82, 2.24) is 0 Å². The zero-order valence-corrected chi connectivity index (χ0v) is 12.3. The molecule has 2 aromatic rings. The van der Waals surface area contributed by atoms with Crippen LogP contribution in [-0.4, -0.2) is 18.6 Å². The summed E-state index contributed by atoms with van der Waals surface area (Å²) in [5.74, 6) is -0.199. The minimum absolute atomic E-state index is 0.0357. The molecule has 0 aliphatic heterocycles. The summed E-state index contributed by atoms with van der Waals surface area (Å²) in [4.78, 5) is -0.0619. The van der Waals surface area contributed by atoms with Crippen molar-refractivity contribution in [3.05, 3.63) is 47.0 Å². The molecule has 0 radical (unpaired) electrons. The highest BCUT2D eigenvalue weighted by Gasteiger charge is 2.23. The Balaban J connectivity index is 2.70. The quantitative estimate of drug-likeness (QED) is 0.892. The highest BCUT2D eigenvalue weighted by molar-refractivity contribution is 7.91. The van der Waals surface area contributed by atoms with Crippen LogP contribution in [0.5, 0.6) is 11.5 Å². The molecule has 0 amide bonds. The van der Waals surface area contributed by atoms with E-state index < -0.39 is 9.84 Å². The lowest BCUT2D eigenvalue weighted by Crippen LogP contribution is -2.04. The van der Waals surface area contributed by atoms with Gasteiger partial charge in [-0.15, -0.1) is 0 Å². The molecule has 2 rings (SSSR count). The van der Waals surface area contributed by atoms with Crippen molar-refractivity contribution >= 4 is 9.84 Å². The fourth-order valence-corrected chi connectivity index (χ4v) is 3.64. The van der Waals surface area contributed by atoms with Crippen LogP contribution in [0, 0.1) is 20.8 Å². The molecule has 0 fully saturated rings. The Morgan fingerprint density at radius 3 is 2.15 bits per heavy atom. The third-order valence-corrected chi connectivity index (χ3v) is 4.94. The molecular formula is C15H16O4S. The van der Waals surface area contributed by atoms with Crippen molar-refractivity contribution in [2.75, 3.05) is 0 Å². The van der Waals surface area contributed by atoms with Crippen molar-refractivity contribution in [3.8, 4) is 11.5 Å². The number of hydrogen-bond donors (Lipinski definition) is 2. The fraction of sp³-hybridized carbons (Fsp3) is 0.200.